The fourth-order valence-electron chi connectivity index (χ4n) is 4.45. The number of aromatic nitrogens is 2. The van der Waals surface area contributed by atoms with E-state index in [2.05, 4.69) is 65.2 Å². The molecule has 3 nitrogen and oxygen atoms in total. The molecule has 0 bridgehead atoms. The van der Waals surface area contributed by atoms with Gasteiger partial charge in [-0.3, -0.25) is 4.98 Å². The molecule has 0 saturated heterocycles. The molecule has 0 spiro atoms. The topological polar surface area (TPSA) is 37.8 Å². The Balaban J connectivity index is 0.00000141. The first kappa shape index (κ1) is 23.7. The molecule has 2 aromatic heterocycles. The smallest absolute Gasteiger partial charge is 0.130 e. The third kappa shape index (κ3) is 6.53. The van der Waals surface area contributed by atoms with Crippen molar-refractivity contribution >= 4 is 11.5 Å². The number of allylic oxidation sites excluding steroid dienone is 1. The van der Waals surface area contributed by atoms with E-state index < -0.39 is 0 Å². The Morgan fingerprint density at radius 2 is 1.62 bits per heavy atom. The summed E-state index contributed by atoms with van der Waals surface area (Å²) in [5.74, 6) is 2.36. The molecule has 1 aromatic carbocycles. The summed E-state index contributed by atoms with van der Waals surface area (Å²) in [6, 6.07) is 17.2. The van der Waals surface area contributed by atoms with E-state index in [-0.39, 0.29) is 0 Å². The normalized spacial score (nSPS) is 17.8. The van der Waals surface area contributed by atoms with Crippen molar-refractivity contribution in [2.45, 2.75) is 65.7 Å². The van der Waals surface area contributed by atoms with Gasteiger partial charge in [0, 0.05) is 11.8 Å². The molecule has 0 amide bonds. The van der Waals surface area contributed by atoms with Crippen LogP contribution in [0.2, 0.25) is 0 Å². The van der Waals surface area contributed by atoms with Crippen LogP contribution >= 0.6 is 0 Å². The average Bonchev–Trinajstić information content (AvgIpc) is 2.83. The Bertz CT molecular complexity index is 964. The summed E-state index contributed by atoms with van der Waals surface area (Å²) in [4.78, 5) is 9.03. The van der Waals surface area contributed by atoms with Crippen LogP contribution in [-0.4, -0.2) is 9.97 Å². The fraction of sp³-hybridized carbons (Fsp3) is 0.379. The molecule has 32 heavy (non-hydrogen) atoms. The Kier molecular flexibility index (Phi) is 8.61. The van der Waals surface area contributed by atoms with Gasteiger partial charge in [-0.2, -0.15) is 0 Å². The van der Waals surface area contributed by atoms with Gasteiger partial charge in [-0.05, 0) is 87.1 Å². The van der Waals surface area contributed by atoms with E-state index in [0.29, 0.717) is 5.92 Å². The van der Waals surface area contributed by atoms with E-state index in [1.165, 1.54) is 43.2 Å². The summed E-state index contributed by atoms with van der Waals surface area (Å²) < 4.78 is 0. The van der Waals surface area contributed by atoms with Crippen molar-refractivity contribution in [2.24, 2.45) is 5.92 Å². The third-order valence-corrected chi connectivity index (χ3v) is 6.11. The lowest BCUT2D eigenvalue weighted by Gasteiger charge is -2.29. The number of benzene rings is 1. The Morgan fingerprint density at radius 3 is 2.19 bits per heavy atom. The summed E-state index contributed by atoms with van der Waals surface area (Å²) in [6.45, 7) is 12.3. The van der Waals surface area contributed by atoms with Crippen LogP contribution in [-0.2, 0) is 0 Å². The van der Waals surface area contributed by atoms with Crippen LogP contribution in [0.15, 0.2) is 73.1 Å². The number of hydrogen-bond acceptors (Lipinski definition) is 3. The molecule has 0 radical (unpaired) electrons. The SMILES string of the molecule is C=C(C)CC1CCC(c2ccc(-c3ccc(Nc4ccc(C)cn4)cn3)cc2)CC1.CC. The van der Waals surface area contributed by atoms with Crippen LogP contribution in [0, 0.1) is 12.8 Å². The number of nitrogens with zero attached hydrogens (tertiary/aromatic N) is 2. The molecule has 2 heterocycles. The molecule has 168 valence electrons. The minimum Gasteiger partial charge on any atom is -0.339 e. The predicted molar refractivity (Wildman–Crippen MR) is 137 cm³/mol. The van der Waals surface area contributed by atoms with E-state index in [1.807, 2.05) is 45.3 Å². The highest BCUT2D eigenvalue weighted by molar-refractivity contribution is 5.63. The van der Waals surface area contributed by atoms with Crippen LogP contribution < -0.4 is 5.32 Å². The monoisotopic (exact) mass is 427 g/mol. The number of pyridine rings is 2. The molecular formula is C29H37N3. The van der Waals surface area contributed by atoms with Gasteiger partial charge >= 0.3 is 0 Å². The zero-order valence-electron chi connectivity index (χ0n) is 20.1. The second-order valence-corrected chi connectivity index (χ2v) is 8.78. The molecule has 1 aliphatic carbocycles. The maximum Gasteiger partial charge on any atom is 0.130 e. The first-order valence-electron chi connectivity index (χ1n) is 12.0. The average molecular weight is 428 g/mol. The molecule has 3 heteroatoms. The summed E-state index contributed by atoms with van der Waals surface area (Å²) in [7, 11) is 0. The molecule has 1 fully saturated rings. The van der Waals surface area contributed by atoms with Gasteiger partial charge in [-0.15, -0.1) is 6.58 Å². The van der Waals surface area contributed by atoms with Crippen molar-refractivity contribution in [3.8, 4) is 11.3 Å². The summed E-state index contributed by atoms with van der Waals surface area (Å²) >= 11 is 0. The molecule has 0 unspecified atom stereocenters. The van der Waals surface area contributed by atoms with Crippen LogP contribution in [0.1, 0.15) is 69.9 Å². The molecule has 0 atom stereocenters. The standard InChI is InChI=1S/C27H31N3.C2H6/c1-19(2)16-21-5-7-22(8-6-21)23-9-11-24(12-10-23)26-14-13-25(18-28-26)30-27-15-4-20(3)17-29-27;1-2/h4,9-15,17-18,21-22H,1,5-8,16H2,2-3H3,(H,29,30);1-2H3. The summed E-state index contributed by atoms with van der Waals surface area (Å²) in [5, 5.41) is 3.30. The minimum atomic E-state index is 0.696. The van der Waals surface area contributed by atoms with Crippen LogP contribution in [0.5, 0.6) is 0 Å². The highest BCUT2D eigenvalue weighted by Gasteiger charge is 2.22. The lowest BCUT2D eigenvalue weighted by Crippen LogP contribution is -2.13. The maximum atomic E-state index is 4.64. The maximum absolute atomic E-state index is 4.64. The summed E-state index contributed by atoms with van der Waals surface area (Å²) in [5.41, 5.74) is 7.04. The Hall–Kier alpha value is -2.94. The number of hydrogen-bond donors (Lipinski definition) is 1. The molecule has 4 rings (SSSR count). The van der Waals surface area contributed by atoms with Crippen molar-refractivity contribution in [1.29, 1.82) is 0 Å². The third-order valence-electron chi connectivity index (χ3n) is 6.11. The first-order chi connectivity index (χ1) is 15.6. The predicted octanol–water partition coefficient (Wildman–Crippen LogP) is 8.46. The minimum absolute atomic E-state index is 0.696. The van der Waals surface area contributed by atoms with Gasteiger partial charge in [0.15, 0.2) is 0 Å². The first-order valence-corrected chi connectivity index (χ1v) is 12.0. The van der Waals surface area contributed by atoms with Crippen molar-refractivity contribution in [2.75, 3.05) is 5.32 Å². The fourth-order valence-corrected chi connectivity index (χ4v) is 4.45. The van der Waals surface area contributed by atoms with E-state index in [1.54, 1.807) is 0 Å². The molecule has 1 N–H and O–H groups in total. The van der Waals surface area contributed by atoms with Gasteiger partial charge in [0.2, 0.25) is 0 Å². The lowest BCUT2D eigenvalue weighted by atomic mass is 9.77. The van der Waals surface area contributed by atoms with Crippen molar-refractivity contribution < 1.29 is 0 Å². The van der Waals surface area contributed by atoms with Gasteiger partial charge in [0.05, 0.1) is 17.6 Å². The molecule has 1 aliphatic rings. The summed E-state index contributed by atoms with van der Waals surface area (Å²) in [6.07, 6.45) is 10.2. The van der Waals surface area contributed by atoms with Gasteiger partial charge in [0.1, 0.15) is 5.82 Å². The van der Waals surface area contributed by atoms with Gasteiger partial charge in [-0.25, -0.2) is 4.98 Å². The molecular weight excluding hydrogens is 390 g/mol. The largest absolute Gasteiger partial charge is 0.339 e. The zero-order chi connectivity index (χ0) is 22.9. The van der Waals surface area contributed by atoms with E-state index in [4.69, 9.17) is 0 Å². The van der Waals surface area contributed by atoms with E-state index in [9.17, 15) is 0 Å². The quantitative estimate of drug-likeness (QED) is 0.401. The van der Waals surface area contributed by atoms with Gasteiger partial charge in [0.25, 0.3) is 0 Å². The van der Waals surface area contributed by atoms with Crippen LogP contribution in [0.3, 0.4) is 0 Å². The second-order valence-electron chi connectivity index (χ2n) is 8.78. The molecule has 3 aromatic rings. The number of aryl methyl sites for hydroxylation is 1. The van der Waals surface area contributed by atoms with Crippen molar-refractivity contribution in [1.82, 2.24) is 9.97 Å². The van der Waals surface area contributed by atoms with E-state index >= 15 is 0 Å². The lowest BCUT2D eigenvalue weighted by molar-refractivity contribution is 0.324. The highest BCUT2D eigenvalue weighted by Crippen LogP contribution is 2.38. The number of anilines is 2. The number of rotatable bonds is 6. The van der Waals surface area contributed by atoms with Crippen LogP contribution in [0.25, 0.3) is 11.3 Å². The second kappa shape index (κ2) is 11.6. The Labute approximate surface area is 194 Å². The van der Waals surface area contributed by atoms with Crippen molar-refractivity contribution in [3.05, 3.63) is 84.2 Å². The van der Waals surface area contributed by atoms with Crippen LogP contribution in [0.4, 0.5) is 11.5 Å². The number of nitrogens with one attached hydrogen (secondary N) is 1. The Morgan fingerprint density at radius 1 is 0.906 bits per heavy atom. The van der Waals surface area contributed by atoms with Gasteiger partial charge in [-0.1, -0.05) is 49.8 Å². The van der Waals surface area contributed by atoms with E-state index in [0.717, 1.165) is 34.2 Å². The highest BCUT2D eigenvalue weighted by atomic mass is 15.0. The van der Waals surface area contributed by atoms with Crippen molar-refractivity contribution in [3.63, 3.8) is 0 Å². The molecule has 1 saturated carbocycles. The molecule has 0 aliphatic heterocycles. The van der Waals surface area contributed by atoms with Gasteiger partial charge < -0.3 is 5.32 Å². The zero-order valence-corrected chi connectivity index (χ0v) is 20.1.